The molecule has 0 amide bonds. The minimum Gasteiger partial charge on any atom is -0.465 e. The lowest BCUT2D eigenvalue weighted by Crippen LogP contribution is -2.39. The number of esters is 1. The van der Waals surface area contributed by atoms with Gasteiger partial charge in [-0.1, -0.05) is 153 Å². The van der Waals surface area contributed by atoms with Crippen LogP contribution >= 0.6 is 0 Å². The number of aromatic nitrogens is 4. The van der Waals surface area contributed by atoms with Crippen molar-refractivity contribution in [2.45, 2.75) is 51.5 Å². The minimum atomic E-state index is -0.931. The van der Waals surface area contributed by atoms with E-state index in [2.05, 4.69) is 43.3 Å². The van der Waals surface area contributed by atoms with Crippen molar-refractivity contribution >= 4 is 11.8 Å². The first-order chi connectivity index (χ1) is 24.6. The molecule has 1 heterocycles. The average molecular weight is 663 g/mol. The first kappa shape index (κ1) is 34.2. The topological polar surface area (TPSA) is 87.0 Å². The van der Waals surface area contributed by atoms with Crippen molar-refractivity contribution in [1.29, 1.82) is 0 Å². The fraction of sp³-hybridized carbons (Fsp3) is 0.233. The monoisotopic (exact) mass is 662 g/mol. The molecule has 7 heteroatoms. The Morgan fingerprint density at radius 1 is 0.700 bits per heavy atom. The molecule has 6 aromatic rings. The SMILES string of the molecule is CCCCCC(=O)C(Cc1ccc(-c2ccccc2)c(-c2nnn(C(c3ccccc3)(c3ccccc3)c3ccccc3)n2)c1)C(=O)OCC. The molecule has 0 aliphatic carbocycles. The van der Waals surface area contributed by atoms with Gasteiger partial charge >= 0.3 is 5.97 Å². The second-order valence-corrected chi connectivity index (χ2v) is 12.4. The molecule has 252 valence electrons. The molecule has 1 aromatic heterocycles. The van der Waals surface area contributed by atoms with Crippen molar-refractivity contribution in [2.24, 2.45) is 5.92 Å². The van der Waals surface area contributed by atoms with Crippen LogP contribution in [0.4, 0.5) is 0 Å². The van der Waals surface area contributed by atoms with Gasteiger partial charge in [0.2, 0.25) is 5.82 Å². The lowest BCUT2D eigenvalue weighted by molar-refractivity contribution is -0.151. The number of carbonyl (C=O) groups is 2. The van der Waals surface area contributed by atoms with Crippen LogP contribution in [0.25, 0.3) is 22.5 Å². The van der Waals surface area contributed by atoms with Gasteiger partial charge in [-0.2, -0.15) is 0 Å². The van der Waals surface area contributed by atoms with Gasteiger partial charge in [-0.25, -0.2) is 0 Å². The molecule has 0 radical (unpaired) electrons. The molecule has 0 aliphatic rings. The molecule has 0 saturated heterocycles. The Labute approximate surface area is 294 Å². The summed E-state index contributed by atoms with van der Waals surface area (Å²) in [6.07, 6.45) is 3.26. The Morgan fingerprint density at radius 3 is 1.80 bits per heavy atom. The second kappa shape index (κ2) is 16.1. The van der Waals surface area contributed by atoms with E-state index in [1.165, 1.54) is 0 Å². The number of nitrogens with zero attached hydrogens (tertiary/aromatic N) is 4. The van der Waals surface area contributed by atoms with E-state index < -0.39 is 17.4 Å². The molecule has 0 N–H and O–H groups in total. The highest BCUT2D eigenvalue weighted by Gasteiger charge is 2.41. The largest absolute Gasteiger partial charge is 0.465 e. The molecule has 6 rings (SSSR count). The number of unbranched alkanes of at least 4 members (excludes halogenated alkanes) is 2. The van der Waals surface area contributed by atoms with Crippen molar-refractivity contribution < 1.29 is 14.3 Å². The van der Waals surface area contributed by atoms with Crippen molar-refractivity contribution in [3.8, 4) is 22.5 Å². The number of ether oxygens (including phenoxy) is 1. The predicted octanol–water partition coefficient (Wildman–Crippen LogP) is 8.72. The number of rotatable bonds is 15. The number of tetrazole rings is 1. The van der Waals surface area contributed by atoms with Crippen molar-refractivity contribution in [2.75, 3.05) is 6.61 Å². The molecular formula is C43H42N4O3. The maximum Gasteiger partial charge on any atom is 0.316 e. The fourth-order valence-corrected chi connectivity index (χ4v) is 6.65. The third kappa shape index (κ3) is 7.18. The second-order valence-electron chi connectivity index (χ2n) is 12.4. The smallest absolute Gasteiger partial charge is 0.316 e. The highest BCUT2D eigenvalue weighted by Crippen LogP contribution is 2.40. The van der Waals surface area contributed by atoms with E-state index in [0.29, 0.717) is 12.2 Å². The van der Waals surface area contributed by atoms with E-state index in [-0.39, 0.29) is 18.8 Å². The molecule has 0 aliphatic heterocycles. The van der Waals surface area contributed by atoms with Crippen molar-refractivity contribution in [1.82, 2.24) is 20.2 Å². The van der Waals surface area contributed by atoms with Crippen LogP contribution in [-0.4, -0.2) is 38.6 Å². The molecule has 0 saturated carbocycles. The van der Waals surface area contributed by atoms with Gasteiger partial charge in [-0.15, -0.1) is 15.0 Å². The Kier molecular flexibility index (Phi) is 11.0. The Morgan fingerprint density at radius 2 is 1.26 bits per heavy atom. The van der Waals surface area contributed by atoms with Crippen LogP contribution in [0.3, 0.4) is 0 Å². The van der Waals surface area contributed by atoms with Crippen molar-refractivity contribution in [3.63, 3.8) is 0 Å². The number of carbonyl (C=O) groups excluding carboxylic acids is 2. The summed E-state index contributed by atoms with van der Waals surface area (Å²) in [6, 6.07) is 46.7. The summed E-state index contributed by atoms with van der Waals surface area (Å²) in [7, 11) is 0. The minimum absolute atomic E-state index is 0.0898. The van der Waals surface area contributed by atoms with Crippen LogP contribution in [-0.2, 0) is 26.3 Å². The third-order valence-corrected chi connectivity index (χ3v) is 9.12. The number of hydrogen-bond acceptors (Lipinski definition) is 6. The third-order valence-electron chi connectivity index (χ3n) is 9.12. The quantitative estimate of drug-likeness (QED) is 0.0473. The first-order valence-electron chi connectivity index (χ1n) is 17.4. The lowest BCUT2D eigenvalue weighted by Gasteiger charge is -2.34. The zero-order chi connectivity index (χ0) is 34.8. The van der Waals surface area contributed by atoms with Gasteiger partial charge in [0.1, 0.15) is 11.7 Å². The number of hydrogen-bond donors (Lipinski definition) is 0. The number of Topliss-reactive ketones (excluding diaryl/α,β-unsaturated/α-hetero) is 1. The molecule has 0 fully saturated rings. The van der Waals surface area contributed by atoms with E-state index in [1.807, 2.05) is 103 Å². The van der Waals surface area contributed by atoms with E-state index in [0.717, 1.165) is 58.2 Å². The van der Waals surface area contributed by atoms with Gasteiger partial charge in [-0.05, 0) is 64.4 Å². The normalized spacial score (nSPS) is 12.0. The van der Waals surface area contributed by atoms with Crippen LogP contribution in [0.5, 0.6) is 0 Å². The van der Waals surface area contributed by atoms with Gasteiger partial charge in [0.05, 0.1) is 6.61 Å². The maximum atomic E-state index is 13.4. The summed E-state index contributed by atoms with van der Waals surface area (Å²) in [5, 5.41) is 14.7. The van der Waals surface area contributed by atoms with Crippen LogP contribution < -0.4 is 0 Å². The summed E-state index contributed by atoms with van der Waals surface area (Å²) in [6.45, 7) is 4.07. The molecular weight excluding hydrogens is 620 g/mol. The molecule has 0 bridgehead atoms. The Balaban J connectivity index is 1.50. The van der Waals surface area contributed by atoms with Gasteiger partial charge in [0.25, 0.3) is 0 Å². The Hall–Kier alpha value is -5.69. The average Bonchev–Trinajstić information content (AvgIpc) is 3.66. The zero-order valence-electron chi connectivity index (χ0n) is 28.6. The molecule has 7 nitrogen and oxygen atoms in total. The van der Waals surface area contributed by atoms with Gasteiger partial charge < -0.3 is 4.74 Å². The first-order valence-corrected chi connectivity index (χ1v) is 17.4. The van der Waals surface area contributed by atoms with E-state index in [1.54, 1.807) is 11.7 Å². The van der Waals surface area contributed by atoms with Crippen LogP contribution in [0.15, 0.2) is 140 Å². The molecule has 0 spiro atoms. The van der Waals surface area contributed by atoms with Gasteiger partial charge in [0, 0.05) is 12.0 Å². The molecule has 5 aromatic carbocycles. The maximum absolute atomic E-state index is 13.4. The Bertz CT molecular complexity index is 1900. The van der Waals surface area contributed by atoms with Gasteiger partial charge in [0.15, 0.2) is 5.54 Å². The standard InChI is InChI=1S/C43H42N4O3/c1-3-5-10-27-40(48)39(42(49)50-4-2)31-32-28-29-37(33-19-11-6-12-20-33)38(30-32)41-44-46-47(45-41)43(34-21-13-7-14-22-34,35-23-15-8-16-24-35)36-25-17-9-18-26-36/h6-9,11-26,28-30,39H,3-5,10,27,31H2,1-2H3. The summed E-state index contributed by atoms with van der Waals surface area (Å²) in [5.41, 5.74) is 5.50. The zero-order valence-corrected chi connectivity index (χ0v) is 28.6. The number of ketones is 1. The van der Waals surface area contributed by atoms with Gasteiger partial charge in [-0.3, -0.25) is 9.59 Å². The fourth-order valence-electron chi connectivity index (χ4n) is 6.65. The summed E-state index contributed by atoms with van der Waals surface area (Å²) in [4.78, 5) is 28.2. The summed E-state index contributed by atoms with van der Waals surface area (Å²) in [5.74, 6) is -1.02. The van der Waals surface area contributed by atoms with E-state index in [9.17, 15) is 9.59 Å². The van der Waals surface area contributed by atoms with Crippen LogP contribution in [0, 0.1) is 5.92 Å². The molecule has 1 atom stereocenters. The van der Waals surface area contributed by atoms with E-state index >= 15 is 0 Å². The predicted molar refractivity (Wildman–Crippen MR) is 196 cm³/mol. The highest BCUT2D eigenvalue weighted by molar-refractivity contribution is 5.99. The summed E-state index contributed by atoms with van der Waals surface area (Å²) >= 11 is 0. The molecule has 1 unspecified atom stereocenters. The summed E-state index contributed by atoms with van der Waals surface area (Å²) < 4.78 is 5.38. The highest BCUT2D eigenvalue weighted by atomic mass is 16.5. The van der Waals surface area contributed by atoms with Crippen molar-refractivity contribution in [3.05, 3.63) is 162 Å². The molecule has 50 heavy (non-hydrogen) atoms. The van der Waals surface area contributed by atoms with Crippen LogP contribution in [0.2, 0.25) is 0 Å². The van der Waals surface area contributed by atoms with E-state index in [4.69, 9.17) is 20.1 Å². The number of benzene rings is 5. The lowest BCUT2D eigenvalue weighted by atomic mass is 9.77. The van der Waals surface area contributed by atoms with Crippen LogP contribution in [0.1, 0.15) is 61.8 Å².